The summed E-state index contributed by atoms with van der Waals surface area (Å²) in [6.07, 6.45) is 0. The first-order valence-corrected chi connectivity index (χ1v) is 5.49. The number of rotatable bonds is 3. The second-order valence-electron chi connectivity index (χ2n) is 4.30. The third kappa shape index (κ3) is 2.45. The standard InChI is InChI=1S/C12H10F4N2O/c1-6(2)10-17-18-11(19-10)12(15,16)7-3-4-8(13)9(14)5-7/h3-6H,1-2H3. The van der Waals surface area contributed by atoms with E-state index in [2.05, 4.69) is 10.2 Å². The molecule has 0 saturated carbocycles. The molecule has 0 amide bonds. The molecular weight excluding hydrogens is 264 g/mol. The minimum atomic E-state index is -3.67. The molecule has 3 nitrogen and oxygen atoms in total. The van der Waals surface area contributed by atoms with Crippen molar-refractivity contribution >= 4 is 0 Å². The van der Waals surface area contributed by atoms with E-state index >= 15 is 0 Å². The van der Waals surface area contributed by atoms with Crippen LogP contribution < -0.4 is 0 Å². The van der Waals surface area contributed by atoms with Crippen molar-refractivity contribution in [3.8, 4) is 0 Å². The Morgan fingerprint density at radius 1 is 1.11 bits per heavy atom. The number of benzene rings is 1. The van der Waals surface area contributed by atoms with Crippen molar-refractivity contribution in [2.75, 3.05) is 0 Å². The molecule has 1 aromatic heterocycles. The molecule has 0 aliphatic heterocycles. The van der Waals surface area contributed by atoms with Gasteiger partial charge in [0.05, 0.1) is 0 Å². The minimum absolute atomic E-state index is 0.0530. The smallest absolute Gasteiger partial charge is 0.349 e. The molecule has 0 aliphatic rings. The molecule has 0 N–H and O–H groups in total. The van der Waals surface area contributed by atoms with E-state index in [0.29, 0.717) is 12.1 Å². The zero-order valence-corrected chi connectivity index (χ0v) is 10.1. The lowest BCUT2D eigenvalue weighted by Crippen LogP contribution is -2.16. The monoisotopic (exact) mass is 274 g/mol. The van der Waals surface area contributed by atoms with Gasteiger partial charge < -0.3 is 4.42 Å². The average molecular weight is 274 g/mol. The lowest BCUT2D eigenvalue weighted by Gasteiger charge is -2.12. The van der Waals surface area contributed by atoms with Gasteiger partial charge in [-0.05, 0) is 18.2 Å². The zero-order chi connectivity index (χ0) is 14.2. The van der Waals surface area contributed by atoms with Crippen LogP contribution >= 0.6 is 0 Å². The van der Waals surface area contributed by atoms with Crippen LogP contribution in [0, 0.1) is 11.6 Å². The fourth-order valence-electron chi connectivity index (χ4n) is 1.41. The van der Waals surface area contributed by atoms with Crippen LogP contribution in [0.25, 0.3) is 0 Å². The molecule has 0 radical (unpaired) electrons. The number of aromatic nitrogens is 2. The largest absolute Gasteiger partial charge is 0.419 e. The summed E-state index contributed by atoms with van der Waals surface area (Å²) < 4.78 is 58.5. The van der Waals surface area contributed by atoms with Crippen molar-refractivity contribution in [2.45, 2.75) is 25.7 Å². The van der Waals surface area contributed by atoms with Crippen molar-refractivity contribution in [3.05, 3.63) is 47.2 Å². The Balaban J connectivity index is 2.42. The predicted molar refractivity (Wildman–Crippen MR) is 57.7 cm³/mol. The molecule has 0 fully saturated rings. The van der Waals surface area contributed by atoms with E-state index in [1.54, 1.807) is 13.8 Å². The Labute approximate surface area is 106 Å². The first-order chi connectivity index (χ1) is 8.82. The van der Waals surface area contributed by atoms with Gasteiger partial charge in [0.2, 0.25) is 5.89 Å². The highest BCUT2D eigenvalue weighted by atomic mass is 19.3. The number of hydrogen-bond donors (Lipinski definition) is 0. The van der Waals surface area contributed by atoms with Crippen LogP contribution in [0.5, 0.6) is 0 Å². The normalized spacial score (nSPS) is 12.2. The van der Waals surface area contributed by atoms with E-state index in [1.165, 1.54) is 0 Å². The maximum absolute atomic E-state index is 14.0. The number of hydrogen-bond acceptors (Lipinski definition) is 3. The maximum Gasteiger partial charge on any atom is 0.349 e. The van der Waals surface area contributed by atoms with Crippen molar-refractivity contribution in [1.29, 1.82) is 0 Å². The zero-order valence-electron chi connectivity index (χ0n) is 10.1. The molecule has 0 spiro atoms. The van der Waals surface area contributed by atoms with Crippen LogP contribution in [-0.2, 0) is 5.92 Å². The van der Waals surface area contributed by atoms with E-state index in [4.69, 9.17) is 4.42 Å². The molecule has 1 heterocycles. The highest BCUT2D eigenvalue weighted by Crippen LogP contribution is 2.35. The highest BCUT2D eigenvalue weighted by Gasteiger charge is 2.41. The number of nitrogens with zero attached hydrogens (tertiary/aromatic N) is 2. The van der Waals surface area contributed by atoms with Gasteiger partial charge in [-0.1, -0.05) is 13.8 Å². The third-order valence-electron chi connectivity index (χ3n) is 2.49. The Morgan fingerprint density at radius 3 is 2.32 bits per heavy atom. The minimum Gasteiger partial charge on any atom is -0.419 e. The molecule has 1 aromatic carbocycles. The van der Waals surface area contributed by atoms with Crippen LogP contribution in [0.4, 0.5) is 17.6 Å². The van der Waals surface area contributed by atoms with Gasteiger partial charge in [0.25, 0.3) is 5.89 Å². The Morgan fingerprint density at radius 2 is 1.79 bits per heavy atom. The van der Waals surface area contributed by atoms with E-state index in [0.717, 1.165) is 6.07 Å². The number of alkyl halides is 2. The maximum atomic E-state index is 14.0. The van der Waals surface area contributed by atoms with Crippen molar-refractivity contribution in [2.24, 2.45) is 0 Å². The fraction of sp³-hybridized carbons (Fsp3) is 0.333. The molecule has 102 valence electrons. The van der Waals surface area contributed by atoms with Crippen molar-refractivity contribution in [3.63, 3.8) is 0 Å². The molecule has 0 unspecified atom stereocenters. The molecule has 0 aliphatic carbocycles. The van der Waals surface area contributed by atoms with Crippen LogP contribution in [0.15, 0.2) is 22.6 Å². The van der Waals surface area contributed by atoms with E-state index in [1.807, 2.05) is 0 Å². The second kappa shape index (κ2) is 4.64. The van der Waals surface area contributed by atoms with Crippen molar-refractivity contribution in [1.82, 2.24) is 10.2 Å². The summed E-state index contributed by atoms with van der Waals surface area (Å²) in [5.41, 5.74) is -0.745. The molecule has 19 heavy (non-hydrogen) atoms. The van der Waals surface area contributed by atoms with Crippen molar-refractivity contribution < 1.29 is 22.0 Å². The lowest BCUT2D eigenvalue weighted by atomic mass is 10.1. The SMILES string of the molecule is CC(C)c1nnc(C(F)(F)c2ccc(F)c(F)c2)o1. The quantitative estimate of drug-likeness (QED) is 0.802. The summed E-state index contributed by atoms with van der Waals surface area (Å²) in [7, 11) is 0. The van der Waals surface area contributed by atoms with Crippen LogP contribution in [-0.4, -0.2) is 10.2 Å². The average Bonchev–Trinajstić information content (AvgIpc) is 2.82. The van der Waals surface area contributed by atoms with Gasteiger partial charge in [-0.2, -0.15) is 8.78 Å². The van der Waals surface area contributed by atoms with Gasteiger partial charge in [0.15, 0.2) is 11.6 Å². The van der Waals surface area contributed by atoms with Gasteiger partial charge in [0, 0.05) is 11.5 Å². The van der Waals surface area contributed by atoms with E-state index in [9.17, 15) is 17.6 Å². The molecule has 0 saturated heterocycles. The van der Waals surface area contributed by atoms with E-state index < -0.39 is 29.0 Å². The van der Waals surface area contributed by atoms with Gasteiger partial charge in [-0.3, -0.25) is 0 Å². The summed E-state index contributed by atoms with van der Waals surface area (Å²) in [6.45, 7) is 3.40. The van der Waals surface area contributed by atoms with Crippen LogP contribution in [0.2, 0.25) is 0 Å². The number of halogens is 4. The van der Waals surface area contributed by atoms with Crippen LogP contribution in [0.3, 0.4) is 0 Å². The fourth-order valence-corrected chi connectivity index (χ4v) is 1.41. The lowest BCUT2D eigenvalue weighted by molar-refractivity contribution is 0.0114. The van der Waals surface area contributed by atoms with Gasteiger partial charge in [0.1, 0.15) is 0 Å². The summed E-state index contributed by atoms with van der Waals surface area (Å²) >= 11 is 0. The van der Waals surface area contributed by atoms with Gasteiger partial charge in [-0.15, -0.1) is 10.2 Å². The third-order valence-corrected chi connectivity index (χ3v) is 2.49. The Bertz CT molecular complexity index is 595. The second-order valence-corrected chi connectivity index (χ2v) is 4.30. The van der Waals surface area contributed by atoms with Crippen LogP contribution in [0.1, 0.15) is 37.1 Å². The summed E-state index contributed by atoms with van der Waals surface area (Å²) in [6, 6.07) is 1.81. The molecule has 2 rings (SSSR count). The summed E-state index contributed by atoms with van der Waals surface area (Å²) in [4.78, 5) is 0. The predicted octanol–water partition coefficient (Wildman–Crippen LogP) is 3.61. The molecule has 0 bridgehead atoms. The molecular formula is C12H10F4N2O. The molecule has 0 atom stereocenters. The highest BCUT2D eigenvalue weighted by molar-refractivity contribution is 5.26. The molecule has 2 aromatic rings. The Hall–Kier alpha value is -1.92. The summed E-state index contributed by atoms with van der Waals surface area (Å²) in [5, 5.41) is 6.74. The van der Waals surface area contributed by atoms with Gasteiger partial charge >= 0.3 is 5.92 Å². The molecule has 7 heteroatoms. The first kappa shape index (κ1) is 13.5. The van der Waals surface area contributed by atoms with Gasteiger partial charge in [-0.25, -0.2) is 8.78 Å². The Kier molecular flexibility index (Phi) is 3.30. The van der Waals surface area contributed by atoms with E-state index in [-0.39, 0.29) is 11.8 Å². The topological polar surface area (TPSA) is 38.9 Å². The summed E-state index contributed by atoms with van der Waals surface area (Å²) in [5.74, 6) is -7.33. The first-order valence-electron chi connectivity index (χ1n) is 5.49.